The fourth-order valence-corrected chi connectivity index (χ4v) is 4.18. The predicted molar refractivity (Wildman–Crippen MR) is 79.6 cm³/mol. The summed E-state index contributed by atoms with van der Waals surface area (Å²) in [6.07, 6.45) is 3.51. The molecule has 0 spiro atoms. The van der Waals surface area contributed by atoms with Crippen LogP contribution in [-0.2, 0) is 4.79 Å². The maximum Gasteiger partial charge on any atom is 0.330 e. The highest BCUT2D eigenvalue weighted by atomic mass is 32.2. The number of thioether (sulfide) groups is 1. The van der Waals surface area contributed by atoms with Crippen molar-refractivity contribution in [3.63, 3.8) is 0 Å². The lowest BCUT2D eigenvalue weighted by Crippen LogP contribution is -2.54. The molecular formula is C13H12N2O4S2. The van der Waals surface area contributed by atoms with Crippen LogP contribution in [0.3, 0.4) is 0 Å². The van der Waals surface area contributed by atoms with Gasteiger partial charge >= 0.3 is 5.97 Å². The van der Waals surface area contributed by atoms with E-state index < -0.39 is 17.4 Å². The number of amides is 1. The molecule has 1 aliphatic rings. The number of hydrogen-bond acceptors (Lipinski definition) is 6. The van der Waals surface area contributed by atoms with Crippen molar-refractivity contribution in [1.82, 2.24) is 10.3 Å². The molecule has 0 aromatic carbocycles. The highest BCUT2D eigenvalue weighted by molar-refractivity contribution is 7.99. The van der Waals surface area contributed by atoms with E-state index in [1.807, 2.05) is 0 Å². The zero-order valence-electron chi connectivity index (χ0n) is 10.9. The smallest absolute Gasteiger partial charge is 0.330 e. The summed E-state index contributed by atoms with van der Waals surface area (Å²) in [7, 11) is 0. The molecule has 0 radical (unpaired) electrons. The number of aliphatic carboxylic acids is 1. The summed E-state index contributed by atoms with van der Waals surface area (Å²) in [6, 6.07) is 1.76. The molecule has 8 heteroatoms. The van der Waals surface area contributed by atoms with Crippen molar-refractivity contribution in [3.05, 3.63) is 29.7 Å². The summed E-state index contributed by atoms with van der Waals surface area (Å²) in [5.41, 5.74) is -0.154. The number of carboxylic acid groups (broad SMARTS) is 1. The first kappa shape index (κ1) is 14.2. The monoisotopic (exact) mass is 324 g/mol. The summed E-state index contributed by atoms with van der Waals surface area (Å²) < 4.78 is 4.98. The van der Waals surface area contributed by atoms with Crippen molar-refractivity contribution in [1.29, 1.82) is 0 Å². The van der Waals surface area contributed by atoms with Crippen LogP contribution in [0.2, 0.25) is 0 Å². The molecule has 2 N–H and O–H groups in total. The predicted octanol–water partition coefficient (Wildman–Crippen LogP) is 2.09. The molecule has 2 aromatic rings. The molecular weight excluding hydrogens is 312 g/mol. The number of nitrogens with one attached hydrogen (secondary N) is 1. The minimum Gasteiger partial charge on any atom is -0.479 e. The van der Waals surface area contributed by atoms with Crippen molar-refractivity contribution < 1.29 is 19.1 Å². The second kappa shape index (κ2) is 5.53. The Bertz CT molecular complexity index is 660. The zero-order valence-corrected chi connectivity index (χ0v) is 12.5. The fourth-order valence-electron chi connectivity index (χ4n) is 2.06. The first-order chi connectivity index (χ1) is 10.1. The Balaban J connectivity index is 1.78. The van der Waals surface area contributed by atoms with E-state index in [0.717, 1.165) is 11.3 Å². The van der Waals surface area contributed by atoms with Gasteiger partial charge in [0.15, 0.2) is 0 Å². The summed E-state index contributed by atoms with van der Waals surface area (Å²) in [4.78, 5) is 27.9. The van der Waals surface area contributed by atoms with Crippen molar-refractivity contribution in [2.75, 3.05) is 11.5 Å². The topological polar surface area (TPSA) is 92.4 Å². The van der Waals surface area contributed by atoms with E-state index in [1.54, 1.807) is 17.7 Å². The van der Waals surface area contributed by atoms with E-state index in [0.29, 0.717) is 17.2 Å². The third-order valence-corrected chi connectivity index (χ3v) is 5.37. The first-order valence-corrected chi connectivity index (χ1v) is 8.26. The van der Waals surface area contributed by atoms with Gasteiger partial charge in [-0.15, -0.1) is 11.3 Å². The number of rotatable bonds is 4. The molecule has 1 amide bonds. The quantitative estimate of drug-likeness (QED) is 0.894. The van der Waals surface area contributed by atoms with Gasteiger partial charge in [-0.2, -0.15) is 11.8 Å². The third kappa shape index (κ3) is 2.68. The highest BCUT2D eigenvalue weighted by Gasteiger charge is 2.43. The number of hydrogen-bond donors (Lipinski definition) is 2. The van der Waals surface area contributed by atoms with Gasteiger partial charge in [-0.3, -0.25) is 4.79 Å². The third-order valence-electron chi connectivity index (χ3n) is 3.29. The van der Waals surface area contributed by atoms with Crippen LogP contribution in [0.4, 0.5) is 0 Å². The van der Waals surface area contributed by atoms with Gasteiger partial charge in [0.05, 0.1) is 6.26 Å². The summed E-state index contributed by atoms with van der Waals surface area (Å²) in [6.45, 7) is 0. The first-order valence-electron chi connectivity index (χ1n) is 6.22. The summed E-state index contributed by atoms with van der Waals surface area (Å²) in [5, 5.41) is 14.3. The van der Waals surface area contributed by atoms with E-state index in [1.165, 1.54) is 29.4 Å². The van der Waals surface area contributed by atoms with E-state index in [9.17, 15) is 14.7 Å². The lowest BCUT2D eigenvalue weighted by molar-refractivity contribution is -0.143. The lowest BCUT2D eigenvalue weighted by Gasteiger charge is -2.23. The van der Waals surface area contributed by atoms with Gasteiger partial charge in [-0.25, -0.2) is 9.78 Å². The van der Waals surface area contributed by atoms with Gasteiger partial charge < -0.3 is 14.8 Å². The van der Waals surface area contributed by atoms with Crippen LogP contribution in [0.25, 0.3) is 10.6 Å². The molecule has 1 fully saturated rings. The number of carboxylic acids is 1. The lowest BCUT2D eigenvalue weighted by atomic mass is 9.99. The average molecular weight is 324 g/mol. The molecule has 110 valence electrons. The summed E-state index contributed by atoms with van der Waals surface area (Å²) in [5.74, 6) is -0.339. The van der Waals surface area contributed by atoms with Gasteiger partial charge in [-0.1, -0.05) is 0 Å². The van der Waals surface area contributed by atoms with Gasteiger partial charge in [0.2, 0.25) is 0 Å². The molecule has 0 bridgehead atoms. The number of aromatic nitrogens is 1. The Labute approximate surface area is 128 Å². The standard InChI is InChI=1S/C13H12N2O4S2/c16-10(15-13(12(17)18)2-4-20-7-13)9-6-21-11(14-9)8-1-3-19-5-8/h1,3,5-6H,2,4,7H2,(H,15,16)(H,17,18). The van der Waals surface area contributed by atoms with Crippen LogP contribution < -0.4 is 5.32 Å². The van der Waals surface area contributed by atoms with Crippen molar-refractivity contribution in [2.45, 2.75) is 12.0 Å². The second-order valence-corrected chi connectivity index (χ2v) is 6.66. The van der Waals surface area contributed by atoms with Crippen LogP contribution >= 0.6 is 23.1 Å². The van der Waals surface area contributed by atoms with E-state index in [4.69, 9.17) is 4.42 Å². The number of carbonyl (C=O) groups excluding carboxylic acids is 1. The van der Waals surface area contributed by atoms with Crippen molar-refractivity contribution in [2.24, 2.45) is 0 Å². The number of nitrogens with zero attached hydrogens (tertiary/aromatic N) is 1. The Morgan fingerprint density at radius 3 is 2.95 bits per heavy atom. The molecule has 3 rings (SSSR count). The Hall–Kier alpha value is -1.80. The van der Waals surface area contributed by atoms with Gasteiger partial charge in [0.25, 0.3) is 5.91 Å². The minimum atomic E-state index is -1.18. The number of thiazole rings is 1. The molecule has 0 aliphatic carbocycles. The molecule has 3 heterocycles. The maximum atomic E-state index is 12.2. The van der Waals surface area contributed by atoms with Crippen LogP contribution in [-0.4, -0.2) is 39.0 Å². The van der Waals surface area contributed by atoms with E-state index >= 15 is 0 Å². The molecule has 6 nitrogen and oxygen atoms in total. The van der Waals surface area contributed by atoms with Crippen molar-refractivity contribution in [3.8, 4) is 10.6 Å². The maximum absolute atomic E-state index is 12.2. The molecule has 1 saturated heterocycles. The highest BCUT2D eigenvalue weighted by Crippen LogP contribution is 2.29. The van der Waals surface area contributed by atoms with Gasteiger partial charge in [-0.05, 0) is 18.2 Å². The van der Waals surface area contributed by atoms with Crippen molar-refractivity contribution >= 4 is 35.0 Å². The Morgan fingerprint density at radius 1 is 1.48 bits per heavy atom. The van der Waals surface area contributed by atoms with E-state index in [-0.39, 0.29) is 5.69 Å². The van der Waals surface area contributed by atoms with E-state index in [2.05, 4.69) is 10.3 Å². The summed E-state index contributed by atoms with van der Waals surface area (Å²) >= 11 is 2.84. The zero-order chi connectivity index (χ0) is 14.9. The molecule has 2 aromatic heterocycles. The molecule has 1 unspecified atom stereocenters. The van der Waals surface area contributed by atoms with Crippen LogP contribution in [0, 0.1) is 0 Å². The van der Waals surface area contributed by atoms with Gasteiger partial charge in [0, 0.05) is 16.7 Å². The Morgan fingerprint density at radius 2 is 2.33 bits per heavy atom. The van der Waals surface area contributed by atoms with Crippen LogP contribution in [0.15, 0.2) is 28.4 Å². The SMILES string of the molecule is O=C(NC1(C(=O)O)CCSC1)c1csc(-c2ccoc2)n1. The fraction of sp³-hybridized carbons (Fsp3) is 0.308. The normalized spacial score (nSPS) is 21.3. The number of furan rings is 1. The molecule has 21 heavy (non-hydrogen) atoms. The Kier molecular flexibility index (Phi) is 3.73. The second-order valence-electron chi connectivity index (χ2n) is 4.69. The number of carbonyl (C=O) groups is 2. The average Bonchev–Trinajstić information content (AvgIpc) is 3.20. The molecule has 0 saturated carbocycles. The minimum absolute atomic E-state index is 0.230. The molecule has 1 aliphatic heterocycles. The van der Waals surface area contributed by atoms with Crippen LogP contribution in [0.1, 0.15) is 16.9 Å². The van der Waals surface area contributed by atoms with Gasteiger partial charge in [0.1, 0.15) is 22.5 Å². The largest absolute Gasteiger partial charge is 0.479 e. The van der Waals surface area contributed by atoms with Crippen LogP contribution in [0.5, 0.6) is 0 Å². The molecule has 1 atom stereocenters.